The summed E-state index contributed by atoms with van der Waals surface area (Å²) in [7, 11) is -9.80. The third kappa shape index (κ3) is 38.5. The Hall–Kier alpha value is -1.94. The van der Waals surface area contributed by atoms with E-state index in [0.29, 0.717) is 25.7 Å². The van der Waals surface area contributed by atoms with E-state index in [1.807, 2.05) is 6.92 Å². The second kappa shape index (κ2) is 39.4. The first-order chi connectivity index (χ1) is 29.7. The van der Waals surface area contributed by atoms with Crippen molar-refractivity contribution in [1.29, 1.82) is 0 Å². The number of phosphoric ester groups is 2. The molecule has 17 nitrogen and oxygen atoms in total. The Balaban J connectivity index is 5.05. The van der Waals surface area contributed by atoms with Crippen LogP contribution in [0.3, 0.4) is 0 Å². The summed E-state index contributed by atoms with van der Waals surface area (Å²) in [6.07, 6.45) is 17.2. The molecule has 0 aliphatic heterocycles. The first-order valence-corrected chi connectivity index (χ1v) is 26.3. The molecule has 0 spiro atoms. The van der Waals surface area contributed by atoms with Crippen LogP contribution in [0.2, 0.25) is 0 Å². The molecule has 0 rings (SSSR count). The number of aliphatic hydroxyl groups excluding tert-OH is 1. The van der Waals surface area contributed by atoms with Gasteiger partial charge < -0.3 is 33.8 Å². The largest absolute Gasteiger partial charge is 0.472 e. The highest BCUT2D eigenvalue weighted by Gasteiger charge is 2.30. The summed E-state index contributed by atoms with van der Waals surface area (Å²) in [5.74, 6) is -2.21. The van der Waals surface area contributed by atoms with Gasteiger partial charge in [-0.15, -0.1) is 0 Å². The number of hydrogen-bond acceptors (Lipinski definition) is 15. The Morgan fingerprint density at radius 2 is 0.645 bits per heavy atom. The summed E-state index contributed by atoms with van der Waals surface area (Å²) in [6.45, 7) is 4.35. The van der Waals surface area contributed by atoms with Gasteiger partial charge in [0.1, 0.15) is 19.3 Å². The fourth-order valence-electron chi connectivity index (χ4n) is 5.92. The smallest absolute Gasteiger partial charge is 0.462 e. The van der Waals surface area contributed by atoms with Gasteiger partial charge in [-0.3, -0.25) is 37.3 Å². The summed E-state index contributed by atoms with van der Waals surface area (Å²) in [6, 6.07) is 0. The van der Waals surface area contributed by atoms with E-state index >= 15 is 0 Å². The topological polar surface area (TPSA) is 237 Å². The van der Waals surface area contributed by atoms with E-state index in [2.05, 4.69) is 20.8 Å². The SMILES string of the molecule is CCCCCCCCCC(=O)OC[C@H](COP(=O)(O)OC[C@H](O)COP(=O)(O)OC[C@@H](COC(=O)CCCCCCCCC)OC(=O)CCCCCCC)OC(=O)CCCCC. The molecular formula is C43H82O17P2. The lowest BCUT2D eigenvalue weighted by atomic mass is 10.1. The molecule has 366 valence electrons. The number of carbonyl (C=O) groups is 4. The van der Waals surface area contributed by atoms with Gasteiger partial charge >= 0.3 is 39.5 Å². The van der Waals surface area contributed by atoms with E-state index in [4.69, 9.17) is 37.0 Å². The number of hydrogen-bond donors (Lipinski definition) is 3. The number of phosphoric acid groups is 2. The molecule has 0 heterocycles. The molecule has 19 heteroatoms. The molecule has 62 heavy (non-hydrogen) atoms. The quantitative estimate of drug-likeness (QED) is 0.0223. The monoisotopic (exact) mass is 933 g/mol. The summed E-state index contributed by atoms with van der Waals surface area (Å²) in [4.78, 5) is 70.2. The highest BCUT2D eigenvalue weighted by molar-refractivity contribution is 7.47. The van der Waals surface area contributed by atoms with E-state index in [-0.39, 0.29) is 25.7 Å². The Morgan fingerprint density at radius 3 is 0.984 bits per heavy atom. The normalized spacial score (nSPS) is 14.9. The molecular weight excluding hydrogens is 850 g/mol. The predicted molar refractivity (Wildman–Crippen MR) is 234 cm³/mol. The van der Waals surface area contributed by atoms with Crippen LogP contribution in [0.1, 0.15) is 195 Å². The number of esters is 4. The van der Waals surface area contributed by atoms with Crippen LogP contribution in [-0.4, -0.2) is 96.7 Å². The van der Waals surface area contributed by atoms with Gasteiger partial charge in [0.2, 0.25) is 0 Å². The zero-order chi connectivity index (χ0) is 46.3. The van der Waals surface area contributed by atoms with Crippen molar-refractivity contribution in [3.8, 4) is 0 Å². The average Bonchev–Trinajstić information content (AvgIpc) is 3.23. The summed E-state index contributed by atoms with van der Waals surface area (Å²) < 4.78 is 66.2. The third-order valence-electron chi connectivity index (χ3n) is 9.60. The maximum Gasteiger partial charge on any atom is 0.472 e. The van der Waals surface area contributed by atoms with Crippen LogP contribution < -0.4 is 0 Å². The highest BCUT2D eigenvalue weighted by atomic mass is 31.2. The van der Waals surface area contributed by atoms with Crippen LogP contribution in [0.5, 0.6) is 0 Å². The van der Waals surface area contributed by atoms with Crippen molar-refractivity contribution in [3.05, 3.63) is 0 Å². The second-order valence-electron chi connectivity index (χ2n) is 15.7. The van der Waals surface area contributed by atoms with Gasteiger partial charge in [0.25, 0.3) is 0 Å². The molecule has 0 aromatic rings. The van der Waals surface area contributed by atoms with Gasteiger partial charge in [-0.05, 0) is 25.7 Å². The average molecular weight is 933 g/mol. The second-order valence-corrected chi connectivity index (χ2v) is 18.6. The Labute approximate surface area is 371 Å². The van der Waals surface area contributed by atoms with Crippen LogP contribution >= 0.6 is 15.6 Å². The molecule has 0 aliphatic carbocycles. The van der Waals surface area contributed by atoms with Gasteiger partial charge in [0.15, 0.2) is 12.2 Å². The molecule has 0 aliphatic rings. The van der Waals surface area contributed by atoms with Crippen LogP contribution in [0.25, 0.3) is 0 Å². The molecule has 0 fully saturated rings. The molecule has 0 saturated heterocycles. The van der Waals surface area contributed by atoms with E-state index < -0.39 is 97.5 Å². The van der Waals surface area contributed by atoms with Crippen molar-refractivity contribution in [2.75, 3.05) is 39.6 Å². The lowest BCUT2D eigenvalue weighted by Gasteiger charge is -2.21. The van der Waals surface area contributed by atoms with Crippen LogP contribution in [-0.2, 0) is 65.4 Å². The maximum absolute atomic E-state index is 12.7. The molecule has 0 amide bonds. The molecule has 0 bridgehead atoms. The molecule has 3 N–H and O–H groups in total. The first kappa shape index (κ1) is 60.1. The minimum Gasteiger partial charge on any atom is -0.462 e. The molecule has 2 unspecified atom stereocenters. The lowest BCUT2D eigenvalue weighted by molar-refractivity contribution is -0.161. The predicted octanol–water partition coefficient (Wildman–Crippen LogP) is 9.75. The first-order valence-electron chi connectivity index (χ1n) is 23.3. The zero-order valence-electron chi connectivity index (χ0n) is 38.3. The minimum absolute atomic E-state index is 0.0893. The zero-order valence-corrected chi connectivity index (χ0v) is 40.1. The van der Waals surface area contributed by atoms with Gasteiger partial charge in [0, 0.05) is 25.7 Å². The highest BCUT2D eigenvalue weighted by Crippen LogP contribution is 2.45. The van der Waals surface area contributed by atoms with Gasteiger partial charge in [0.05, 0.1) is 26.4 Å². The number of aliphatic hydroxyl groups is 1. The number of rotatable bonds is 44. The van der Waals surface area contributed by atoms with Crippen molar-refractivity contribution < 1.29 is 80.2 Å². The van der Waals surface area contributed by atoms with Crippen molar-refractivity contribution in [1.82, 2.24) is 0 Å². The van der Waals surface area contributed by atoms with Crippen LogP contribution in [0.15, 0.2) is 0 Å². The van der Waals surface area contributed by atoms with E-state index in [0.717, 1.165) is 103 Å². The molecule has 0 aromatic carbocycles. The van der Waals surface area contributed by atoms with Gasteiger partial charge in [-0.25, -0.2) is 9.13 Å². The number of carbonyl (C=O) groups excluding carboxylic acids is 4. The molecule has 0 saturated carbocycles. The van der Waals surface area contributed by atoms with Crippen molar-refractivity contribution in [2.24, 2.45) is 0 Å². The lowest BCUT2D eigenvalue weighted by Crippen LogP contribution is -2.30. The summed E-state index contributed by atoms with van der Waals surface area (Å²) >= 11 is 0. The van der Waals surface area contributed by atoms with E-state index in [1.165, 1.54) is 12.8 Å². The van der Waals surface area contributed by atoms with Gasteiger partial charge in [-0.1, -0.05) is 143 Å². The van der Waals surface area contributed by atoms with Crippen molar-refractivity contribution in [2.45, 2.75) is 213 Å². The number of ether oxygens (including phenoxy) is 4. The molecule has 0 aromatic heterocycles. The number of unbranched alkanes of at least 4 members (excludes halogenated alkanes) is 18. The maximum atomic E-state index is 12.7. The fourth-order valence-corrected chi connectivity index (χ4v) is 7.50. The Morgan fingerprint density at radius 1 is 0.387 bits per heavy atom. The van der Waals surface area contributed by atoms with Crippen LogP contribution in [0, 0.1) is 0 Å². The standard InChI is InChI=1S/C43H82O17P2/c1-5-9-13-16-18-21-24-27-40(45)53-33-38(59-42(47)29-23-12-8-4)35-57-61(49,50)55-31-37(44)32-56-62(51,52)58-36-39(60-43(48)30-26-20-15-11-7-3)34-54-41(46)28-25-22-19-17-14-10-6-2/h37-39,44H,5-36H2,1-4H3,(H,49,50)(H,51,52)/t37-,38+,39+/m0/s1. The van der Waals surface area contributed by atoms with Crippen molar-refractivity contribution >= 4 is 39.5 Å². The van der Waals surface area contributed by atoms with Crippen molar-refractivity contribution in [3.63, 3.8) is 0 Å². The molecule has 0 radical (unpaired) electrons. The Kier molecular flexibility index (Phi) is 38.2. The fraction of sp³-hybridized carbons (Fsp3) is 0.907. The molecule has 5 atom stereocenters. The minimum atomic E-state index is -4.90. The Bertz CT molecular complexity index is 1250. The van der Waals surface area contributed by atoms with Gasteiger partial charge in [-0.2, -0.15) is 0 Å². The third-order valence-corrected chi connectivity index (χ3v) is 11.5. The van der Waals surface area contributed by atoms with E-state index in [9.17, 15) is 43.2 Å². The van der Waals surface area contributed by atoms with E-state index in [1.54, 1.807) is 0 Å². The summed E-state index contributed by atoms with van der Waals surface area (Å²) in [5.41, 5.74) is 0. The summed E-state index contributed by atoms with van der Waals surface area (Å²) in [5, 5.41) is 10.3. The van der Waals surface area contributed by atoms with Crippen LogP contribution in [0.4, 0.5) is 0 Å².